The van der Waals surface area contributed by atoms with Gasteiger partial charge in [0.15, 0.2) is 11.5 Å². The molecule has 0 saturated carbocycles. The van der Waals surface area contributed by atoms with Gasteiger partial charge in [0.2, 0.25) is 0 Å². The van der Waals surface area contributed by atoms with Crippen molar-refractivity contribution in [3.05, 3.63) is 35.8 Å². The molecule has 2 aromatic rings. The van der Waals surface area contributed by atoms with Gasteiger partial charge in [0.05, 0.1) is 0 Å². The summed E-state index contributed by atoms with van der Waals surface area (Å²) in [5.74, 6) is 0.474. The first-order valence-corrected chi connectivity index (χ1v) is 5.78. The average molecular weight is 234 g/mol. The highest BCUT2D eigenvalue weighted by Crippen LogP contribution is 2.22. The highest BCUT2D eigenvalue weighted by molar-refractivity contribution is 5.97. The molecule has 0 atom stereocenters. The molecule has 1 heterocycles. The maximum atomic E-state index is 13.0. The highest BCUT2D eigenvalue weighted by atomic mass is 19.1. The van der Waals surface area contributed by atoms with E-state index in [1.807, 2.05) is 0 Å². The van der Waals surface area contributed by atoms with E-state index >= 15 is 0 Å². The first-order valence-electron chi connectivity index (χ1n) is 5.78. The van der Waals surface area contributed by atoms with Gasteiger partial charge in [-0.25, -0.2) is 4.39 Å². The van der Waals surface area contributed by atoms with E-state index < -0.39 is 0 Å². The molecule has 0 amide bonds. The Kier molecular flexibility index (Phi) is 3.27. The third-order valence-corrected chi connectivity index (χ3v) is 2.70. The Morgan fingerprint density at radius 2 is 2.12 bits per heavy atom. The molecular weight excluding hydrogens is 219 g/mol. The van der Waals surface area contributed by atoms with Gasteiger partial charge in [-0.2, -0.15) is 0 Å². The first kappa shape index (κ1) is 11.8. The third-order valence-electron chi connectivity index (χ3n) is 2.70. The van der Waals surface area contributed by atoms with Gasteiger partial charge in [-0.1, -0.05) is 13.8 Å². The molecule has 2 nitrogen and oxygen atoms in total. The first-order chi connectivity index (χ1) is 8.06. The van der Waals surface area contributed by atoms with Gasteiger partial charge in [0, 0.05) is 11.8 Å². The maximum Gasteiger partial charge on any atom is 0.198 e. The van der Waals surface area contributed by atoms with Gasteiger partial charge in [0.1, 0.15) is 11.4 Å². The lowest BCUT2D eigenvalue weighted by atomic mass is 10.0. The van der Waals surface area contributed by atoms with Crippen LogP contribution in [0.15, 0.2) is 28.7 Å². The number of rotatable bonds is 4. The number of hydrogen-bond donors (Lipinski definition) is 0. The summed E-state index contributed by atoms with van der Waals surface area (Å²) >= 11 is 0. The minimum Gasteiger partial charge on any atom is -0.453 e. The van der Waals surface area contributed by atoms with Crippen LogP contribution in [0.2, 0.25) is 0 Å². The van der Waals surface area contributed by atoms with E-state index in [1.54, 1.807) is 12.1 Å². The van der Waals surface area contributed by atoms with Gasteiger partial charge in [-0.3, -0.25) is 4.79 Å². The zero-order chi connectivity index (χ0) is 12.4. The second-order valence-corrected chi connectivity index (χ2v) is 4.65. The van der Waals surface area contributed by atoms with Crippen molar-refractivity contribution in [3.8, 4) is 0 Å². The van der Waals surface area contributed by atoms with Gasteiger partial charge in [0.25, 0.3) is 0 Å². The Balaban J connectivity index is 2.21. The molecule has 0 unspecified atom stereocenters. The molecule has 0 aliphatic heterocycles. The lowest BCUT2D eigenvalue weighted by Gasteiger charge is -2.00. The Hall–Kier alpha value is -1.64. The summed E-state index contributed by atoms with van der Waals surface area (Å²) in [4.78, 5) is 11.8. The van der Waals surface area contributed by atoms with Crippen molar-refractivity contribution in [2.24, 2.45) is 5.92 Å². The van der Waals surface area contributed by atoms with Gasteiger partial charge >= 0.3 is 0 Å². The van der Waals surface area contributed by atoms with Crippen molar-refractivity contribution >= 4 is 16.8 Å². The largest absolute Gasteiger partial charge is 0.453 e. The minimum atomic E-state index is -0.320. The van der Waals surface area contributed by atoms with Crippen molar-refractivity contribution in [1.29, 1.82) is 0 Å². The van der Waals surface area contributed by atoms with E-state index in [-0.39, 0.29) is 11.6 Å². The molecule has 0 aliphatic carbocycles. The molecular formula is C14H15FO2. The number of furan rings is 1. The van der Waals surface area contributed by atoms with Crippen LogP contribution in [0.4, 0.5) is 4.39 Å². The van der Waals surface area contributed by atoms with E-state index in [0.717, 1.165) is 6.42 Å². The van der Waals surface area contributed by atoms with Crippen LogP contribution in [0.5, 0.6) is 0 Å². The van der Waals surface area contributed by atoms with Crippen molar-refractivity contribution < 1.29 is 13.6 Å². The second-order valence-electron chi connectivity index (χ2n) is 4.65. The van der Waals surface area contributed by atoms with Crippen LogP contribution >= 0.6 is 0 Å². The lowest BCUT2D eigenvalue weighted by Crippen LogP contribution is -1.99. The summed E-state index contributed by atoms with van der Waals surface area (Å²) in [6.07, 6.45) is 1.31. The van der Waals surface area contributed by atoms with Crippen LogP contribution in [0.1, 0.15) is 37.2 Å². The van der Waals surface area contributed by atoms with Crippen LogP contribution in [-0.2, 0) is 0 Å². The molecule has 90 valence electrons. The number of Topliss-reactive ketones (excluding diaryl/α,β-unsaturated/α-hetero) is 1. The number of hydrogen-bond acceptors (Lipinski definition) is 2. The number of carbonyl (C=O) groups excluding carboxylic acids is 1. The molecule has 1 aromatic carbocycles. The predicted octanol–water partition coefficient (Wildman–Crippen LogP) is 4.19. The van der Waals surface area contributed by atoms with E-state index in [1.165, 1.54) is 12.1 Å². The topological polar surface area (TPSA) is 30.2 Å². The fourth-order valence-electron chi connectivity index (χ4n) is 1.69. The molecule has 0 saturated heterocycles. The number of carbonyl (C=O) groups is 1. The highest BCUT2D eigenvalue weighted by Gasteiger charge is 2.13. The van der Waals surface area contributed by atoms with E-state index in [2.05, 4.69) is 13.8 Å². The van der Waals surface area contributed by atoms with Crippen molar-refractivity contribution in [2.45, 2.75) is 26.7 Å². The Morgan fingerprint density at radius 3 is 2.82 bits per heavy atom. The quantitative estimate of drug-likeness (QED) is 0.742. The van der Waals surface area contributed by atoms with Crippen LogP contribution in [0.25, 0.3) is 11.0 Å². The third kappa shape index (κ3) is 2.73. The van der Waals surface area contributed by atoms with Crippen molar-refractivity contribution in [3.63, 3.8) is 0 Å². The van der Waals surface area contributed by atoms with Crippen molar-refractivity contribution in [1.82, 2.24) is 0 Å². The van der Waals surface area contributed by atoms with Crippen molar-refractivity contribution in [2.75, 3.05) is 0 Å². The lowest BCUT2D eigenvalue weighted by molar-refractivity contribution is 0.0950. The van der Waals surface area contributed by atoms with Crippen LogP contribution < -0.4 is 0 Å². The smallest absolute Gasteiger partial charge is 0.198 e. The zero-order valence-corrected chi connectivity index (χ0v) is 10.00. The van der Waals surface area contributed by atoms with E-state index in [0.29, 0.717) is 29.1 Å². The van der Waals surface area contributed by atoms with Gasteiger partial charge in [-0.05, 0) is 36.6 Å². The summed E-state index contributed by atoms with van der Waals surface area (Å²) < 4.78 is 18.4. The molecule has 1 aromatic heterocycles. The fraction of sp³-hybridized carbons (Fsp3) is 0.357. The van der Waals surface area contributed by atoms with Gasteiger partial charge in [-0.15, -0.1) is 0 Å². The summed E-state index contributed by atoms with van der Waals surface area (Å²) in [5.41, 5.74) is 0.555. The fourth-order valence-corrected chi connectivity index (χ4v) is 1.69. The van der Waals surface area contributed by atoms with E-state index in [9.17, 15) is 9.18 Å². The molecule has 0 spiro atoms. The Bertz CT molecular complexity index is 540. The monoisotopic (exact) mass is 234 g/mol. The molecule has 0 N–H and O–H groups in total. The normalized spacial score (nSPS) is 11.3. The molecule has 2 rings (SSSR count). The Labute approximate surface area is 99.4 Å². The molecule has 0 radical (unpaired) electrons. The summed E-state index contributed by atoms with van der Waals surface area (Å²) in [7, 11) is 0. The van der Waals surface area contributed by atoms with E-state index in [4.69, 9.17) is 4.42 Å². The summed E-state index contributed by atoms with van der Waals surface area (Å²) in [5, 5.41) is 0.637. The summed E-state index contributed by atoms with van der Waals surface area (Å²) in [6, 6.07) is 5.86. The van der Waals surface area contributed by atoms with Crippen LogP contribution in [0.3, 0.4) is 0 Å². The molecule has 0 fully saturated rings. The number of halogens is 1. The number of fused-ring (bicyclic) bond motifs is 1. The average Bonchev–Trinajstić information content (AvgIpc) is 2.68. The Morgan fingerprint density at radius 1 is 1.35 bits per heavy atom. The summed E-state index contributed by atoms with van der Waals surface area (Å²) in [6.45, 7) is 4.14. The SMILES string of the molecule is CC(C)CCC(=O)c1cc2cc(F)ccc2o1. The standard InChI is InChI=1S/C14H15FO2/c1-9(2)3-5-12(16)14-8-10-7-11(15)4-6-13(10)17-14/h4,6-9H,3,5H2,1-2H3. The molecule has 0 aliphatic rings. The number of ketones is 1. The van der Waals surface area contributed by atoms with Crippen LogP contribution in [0, 0.1) is 11.7 Å². The molecule has 17 heavy (non-hydrogen) atoms. The maximum absolute atomic E-state index is 13.0. The van der Waals surface area contributed by atoms with Gasteiger partial charge < -0.3 is 4.42 Å². The second kappa shape index (κ2) is 4.70. The zero-order valence-electron chi connectivity index (χ0n) is 10.00. The molecule has 0 bridgehead atoms. The predicted molar refractivity (Wildman–Crippen MR) is 64.6 cm³/mol. The number of benzene rings is 1. The minimum absolute atomic E-state index is 0.0182. The van der Waals surface area contributed by atoms with Crippen LogP contribution in [-0.4, -0.2) is 5.78 Å². The molecule has 3 heteroatoms.